The second-order valence-corrected chi connectivity index (χ2v) is 9.87. The quantitative estimate of drug-likeness (QED) is 0.338. The first-order valence-corrected chi connectivity index (χ1v) is 12.6. The molecular formula is C27H24ClN3O3S. The molecular weight excluding hydrogens is 482 g/mol. The Balaban J connectivity index is 1.21. The van der Waals surface area contributed by atoms with E-state index in [1.807, 2.05) is 54.6 Å². The molecule has 1 aliphatic rings. The van der Waals surface area contributed by atoms with Crippen molar-refractivity contribution in [2.75, 3.05) is 37.7 Å². The number of ether oxygens (including phenoxy) is 1. The first kappa shape index (κ1) is 23.3. The number of carbonyl (C=O) groups excluding carboxylic acids is 2. The normalized spacial score (nSPS) is 13.8. The molecule has 3 aromatic carbocycles. The van der Waals surface area contributed by atoms with Crippen LogP contribution >= 0.6 is 22.9 Å². The van der Waals surface area contributed by atoms with Crippen LogP contribution in [0, 0.1) is 6.92 Å². The molecule has 178 valence electrons. The van der Waals surface area contributed by atoms with E-state index < -0.39 is 5.97 Å². The summed E-state index contributed by atoms with van der Waals surface area (Å²) in [5, 5.41) is 1.44. The number of hydrogen-bond acceptors (Lipinski definition) is 6. The summed E-state index contributed by atoms with van der Waals surface area (Å²) < 4.78 is 6.49. The maximum Gasteiger partial charge on any atom is 0.339 e. The first-order valence-electron chi connectivity index (χ1n) is 11.4. The van der Waals surface area contributed by atoms with Crippen molar-refractivity contribution >= 4 is 50.7 Å². The molecule has 0 N–H and O–H groups in total. The molecule has 35 heavy (non-hydrogen) atoms. The number of fused-ring (bicyclic) bond motifs is 1. The van der Waals surface area contributed by atoms with Crippen LogP contribution in [0.25, 0.3) is 20.8 Å². The number of esters is 1. The van der Waals surface area contributed by atoms with Gasteiger partial charge in [0.15, 0.2) is 6.61 Å². The first-order chi connectivity index (χ1) is 17.0. The molecule has 1 fully saturated rings. The van der Waals surface area contributed by atoms with E-state index in [9.17, 15) is 9.59 Å². The van der Waals surface area contributed by atoms with Gasteiger partial charge in [0, 0.05) is 42.5 Å². The van der Waals surface area contributed by atoms with E-state index in [2.05, 4.69) is 16.8 Å². The predicted molar refractivity (Wildman–Crippen MR) is 140 cm³/mol. The van der Waals surface area contributed by atoms with Crippen molar-refractivity contribution in [3.63, 3.8) is 0 Å². The topological polar surface area (TPSA) is 62.7 Å². The van der Waals surface area contributed by atoms with Crippen LogP contribution in [0.3, 0.4) is 0 Å². The van der Waals surface area contributed by atoms with Gasteiger partial charge in [-0.15, -0.1) is 11.3 Å². The summed E-state index contributed by atoms with van der Waals surface area (Å²) in [6.45, 7) is 4.27. The lowest BCUT2D eigenvalue weighted by atomic mass is 10.1. The lowest BCUT2D eigenvalue weighted by molar-refractivity contribution is -0.134. The van der Waals surface area contributed by atoms with Crippen LogP contribution in [-0.2, 0) is 9.53 Å². The molecule has 4 aromatic rings. The van der Waals surface area contributed by atoms with Gasteiger partial charge in [-0.05, 0) is 42.8 Å². The molecule has 6 nitrogen and oxygen atoms in total. The number of carbonyl (C=O) groups is 2. The smallest absolute Gasteiger partial charge is 0.339 e. The summed E-state index contributed by atoms with van der Waals surface area (Å²) in [7, 11) is 0. The third-order valence-electron chi connectivity index (χ3n) is 6.14. The van der Waals surface area contributed by atoms with Gasteiger partial charge in [0.2, 0.25) is 0 Å². The summed E-state index contributed by atoms with van der Waals surface area (Å²) in [6, 6.07) is 20.9. The molecule has 0 radical (unpaired) electrons. The van der Waals surface area contributed by atoms with E-state index in [4.69, 9.17) is 16.3 Å². The highest BCUT2D eigenvalue weighted by Gasteiger charge is 2.24. The van der Waals surface area contributed by atoms with Crippen molar-refractivity contribution in [2.24, 2.45) is 0 Å². The fraction of sp³-hybridized carbons (Fsp3) is 0.222. The number of halogens is 1. The number of para-hydroxylation sites is 1. The van der Waals surface area contributed by atoms with Crippen LogP contribution in [0.2, 0.25) is 5.02 Å². The number of thiazole rings is 1. The molecule has 8 heteroatoms. The SMILES string of the molecule is Cc1ccc(Cl)cc1N1CCN(C(=O)COC(=O)c2ccccc2-c2nc3ccccc3s2)CC1. The summed E-state index contributed by atoms with van der Waals surface area (Å²) in [4.78, 5) is 34.3. The number of anilines is 1. The second kappa shape index (κ2) is 10.1. The van der Waals surface area contributed by atoms with Gasteiger partial charge in [-0.2, -0.15) is 0 Å². The number of hydrogen-bond donors (Lipinski definition) is 0. The maximum absolute atomic E-state index is 12.9. The number of piperazine rings is 1. The summed E-state index contributed by atoms with van der Waals surface area (Å²) in [6.07, 6.45) is 0. The minimum Gasteiger partial charge on any atom is -0.452 e. The Hall–Kier alpha value is -3.42. The Morgan fingerprint density at radius 3 is 2.54 bits per heavy atom. The van der Waals surface area contributed by atoms with E-state index in [0.717, 1.165) is 26.5 Å². The van der Waals surface area contributed by atoms with Gasteiger partial charge in [0.25, 0.3) is 5.91 Å². The van der Waals surface area contributed by atoms with Crippen LogP contribution < -0.4 is 4.90 Å². The molecule has 0 aliphatic carbocycles. The highest BCUT2D eigenvalue weighted by molar-refractivity contribution is 7.21. The fourth-order valence-electron chi connectivity index (χ4n) is 4.25. The molecule has 5 rings (SSSR count). The van der Waals surface area contributed by atoms with Crippen molar-refractivity contribution in [3.05, 3.63) is 82.9 Å². The van der Waals surface area contributed by atoms with E-state index >= 15 is 0 Å². The van der Waals surface area contributed by atoms with Crippen LogP contribution in [0.1, 0.15) is 15.9 Å². The van der Waals surface area contributed by atoms with Gasteiger partial charge in [-0.3, -0.25) is 4.79 Å². The average molecular weight is 506 g/mol. The molecule has 0 unspecified atom stereocenters. The largest absolute Gasteiger partial charge is 0.452 e. The summed E-state index contributed by atoms with van der Waals surface area (Å²) >= 11 is 7.69. The predicted octanol–water partition coefficient (Wildman–Crippen LogP) is 5.43. The minimum atomic E-state index is -0.526. The van der Waals surface area contributed by atoms with Crippen LogP contribution in [0.5, 0.6) is 0 Å². The Bertz CT molecular complexity index is 1360. The van der Waals surface area contributed by atoms with E-state index in [1.54, 1.807) is 17.0 Å². The standard InChI is InChI=1S/C27H24ClN3O3S/c1-18-10-11-19(28)16-23(18)30-12-14-31(15-13-30)25(32)17-34-27(33)21-7-3-2-6-20(21)26-29-22-8-4-5-9-24(22)35-26/h2-11,16H,12-15,17H2,1H3. The second-order valence-electron chi connectivity index (χ2n) is 8.41. The van der Waals surface area contributed by atoms with Gasteiger partial charge in [-0.1, -0.05) is 48.0 Å². The molecule has 0 spiro atoms. The number of rotatable bonds is 5. The number of nitrogens with zero attached hydrogens (tertiary/aromatic N) is 3. The van der Waals surface area contributed by atoms with Gasteiger partial charge in [0.1, 0.15) is 5.01 Å². The van der Waals surface area contributed by atoms with Gasteiger partial charge < -0.3 is 14.5 Å². The minimum absolute atomic E-state index is 0.196. The van der Waals surface area contributed by atoms with Crippen molar-refractivity contribution in [1.29, 1.82) is 0 Å². The summed E-state index contributed by atoms with van der Waals surface area (Å²) in [5.41, 5.74) is 4.23. The van der Waals surface area contributed by atoms with Gasteiger partial charge in [-0.25, -0.2) is 9.78 Å². The van der Waals surface area contributed by atoms with Crippen LogP contribution in [0.4, 0.5) is 5.69 Å². The highest BCUT2D eigenvalue weighted by atomic mass is 35.5. The Labute approximate surface area is 212 Å². The van der Waals surface area contributed by atoms with Crippen molar-refractivity contribution in [2.45, 2.75) is 6.92 Å². The van der Waals surface area contributed by atoms with E-state index in [1.165, 1.54) is 11.3 Å². The third kappa shape index (κ3) is 5.01. The van der Waals surface area contributed by atoms with Gasteiger partial charge >= 0.3 is 5.97 Å². The number of benzene rings is 3. The van der Waals surface area contributed by atoms with E-state index in [-0.39, 0.29) is 12.5 Å². The molecule has 0 atom stereocenters. The molecule has 0 bridgehead atoms. The van der Waals surface area contributed by atoms with Crippen LogP contribution in [-0.4, -0.2) is 54.5 Å². The Morgan fingerprint density at radius 2 is 1.74 bits per heavy atom. The molecule has 1 aliphatic heterocycles. The van der Waals surface area contributed by atoms with E-state index in [0.29, 0.717) is 42.3 Å². The molecule has 1 aromatic heterocycles. The average Bonchev–Trinajstić information content (AvgIpc) is 3.33. The van der Waals surface area contributed by atoms with Crippen LogP contribution in [0.15, 0.2) is 66.7 Å². The zero-order chi connectivity index (χ0) is 24.4. The molecule has 2 heterocycles. The van der Waals surface area contributed by atoms with Crippen molar-refractivity contribution in [1.82, 2.24) is 9.88 Å². The maximum atomic E-state index is 12.9. The molecule has 1 saturated heterocycles. The molecule has 0 saturated carbocycles. The fourth-order valence-corrected chi connectivity index (χ4v) is 5.42. The summed E-state index contributed by atoms with van der Waals surface area (Å²) in [5.74, 6) is -0.723. The highest BCUT2D eigenvalue weighted by Crippen LogP contribution is 2.32. The van der Waals surface area contributed by atoms with Crippen molar-refractivity contribution in [3.8, 4) is 10.6 Å². The lowest BCUT2D eigenvalue weighted by Crippen LogP contribution is -2.50. The van der Waals surface area contributed by atoms with Crippen molar-refractivity contribution < 1.29 is 14.3 Å². The Morgan fingerprint density at radius 1 is 1.00 bits per heavy atom. The van der Waals surface area contributed by atoms with Gasteiger partial charge in [0.05, 0.1) is 15.8 Å². The Kier molecular flexibility index (Phi) is 6.70. The monoisotopic (exact) mass is 505 g/mol. The molecule has 1 amide bonds. The third-order valence-corrected chi connectivity index (χ3v) is 7.45. The number of aromatic nitrogens is 1. The number of amides is 1. The zero-order valence-electron chi connectivity index (χ0n) is 19.2. The number of aryl methyl sites for hydroxylation is 1. The lowest BCUT2D eigenvalue weighted by Gasteiger charge is -2.36. The zero-order valence-corrected chi connectivity index (χ0v) is 20.8.